The molecule has 2 heterocycles. The molecule has 0 unspecified atom stereocenters. The summed E-state index contributed by atoms with van der Waals surface area (Å²) in [5, 5.41) is 0. The summed E-state index contributed by atoms with van der Waals surface area (Å²) in [7, 11) is -6.58. The quantitative estimate of drug-likeness (QED) is 0.717. The highest BCUT2D eigenvalue weighted by Gasteiger charge is 2.28. The summed E-state index contributed by atoms with van der Waals surface area (Å²) in [6.07, 6.45) is 3.52. The maximum atomic E-state index is 12.8. The van der Waals surface area contributed by atoms with Gasteiger partial charge in [0.25, 0.3) is 5.91 Å². The molecule has 0 saturated carbocycles. The Labute approximate surface area is 154 Å². The van der Waals surface area contributed by atoms with Crippen molar-refractivity contribution in [2.24, 2.45) is 0 Å². The first-order valence-corrected chi connectivity index (χ1v) is 12.1. The Morgan fingerprint density at radius 3 is 2.31 bits per heavy atom. The minimum absolute atomic E-state index is 0.152. The molecule has 1 saturated heterocycles. The van der Waals surface area contributed by atoms with E-state index in [0.717, 1.165) is 5.56 Å². The van der Waals surface area contributed by atoms with Crippen LogP contribution in [0.4, 0.5) is 5.69 Å². The Morgan fingerprint density at radius 2 is 1.65 bits per heavy atom. The Morgan fingerprint density at radius 1 is 0.923 bits per heavy atom. The van der Waals surface area contributed by atoms with E-state index >= 15 is 0 Å². The molecular weight excluding hydrogens is 378 g/mol. The van der Waals surface area contributed by atoms with Gasteiger partial charge in [0.2, 0.25) is 20.0 Å². The lowest BCUT2D eigenvalue weighted by molar-refractivity contribution is 0.0764. The van der Waals surface area contributed by atoms with E-state index in [0.29, 0.717) is 50.3 Å². The molecule has 0 bridgehead atoms. The molecule has 10 heteroatoms. The third-order valence-corrected chi connectivity index (χ3v) is 7.27. The minimum atomic E-state index is -3.32. The molecule has 0 N–H and O–H groups in total. The van der Waals surface area contributed by atoms with Gasteiger partial charge in [-0.05, 0) is 36.6 Å². The molecule has 1 aromatic carbocycles. The normalized spacial score (nSPS) is 19.3. The highest BCUT2D eigenvalue weighted by molar-refractivity contribution is 7.92. The van der Waals surface area contributed by atoms with Crippen molar-refractivity contribution in [3.8, 4) is 0 Å². The van der Waals surface area contributed by atoms with Crippen LogP contribution in [-0.4, -0.2) is 77.2 Å². The summed E-state index contributed by atoms with van der Waals surface area (Å²) < 4.78 is 49.8. The first kappa shape index (κ1) is 19.1. The summed E-state index contributed by atoms with van der Waals surface area (Å²) in [6, 6.07) is 5.07. The zero-order valence-corrected chi connectivity index (χ0v) is 16.5. The molecule has 3 rings (SSSR count). The van der Waals surface area contributed by atoms with Crippen molar-refractivity contribution in [1.29, 1.82) is 0 Å². The van der Waals surface area contributed by atoms with Crippen LogP contribution < -0.4 is 4.31 Å². The van der Waals surface area contributed by atoms with Crippen LogP contribution in [0, 0.1) is 0 Å². The molecule has 0 spiro atoms. The van der Waals surface area contributed by atoms with E-state index in [2.05, 4.69) is 0 Å². The predicted molar refractivity (Wildman–Crippen MR) is 99.3 cm³/mol. The third-order valence-electron chi connectivity index (χ3n) is 4.79. The van der Waals surface area contributed by atoms with Gasteiger partial charge in [-0.2, -0.15) is 0 Å². The van der Waals surface area contributed by atoms with Crippen LogP contribution >= 0.6 is 0 Å². The third kappa shape index (κ3) is 3.86. The Balaban J connectivity index is 1.77. The number of amides is 1. The molecule has 1 fully saturated rings. The number of fused-ring (bicyclic) bond motifs is 1. The average molecular weight is 402 g/mol. The highest BCUT2D eigenvalue weighted by atomic mass is 32.2. The topological polar surface area (TPSA) is 95.1 Å². The number of hydrogen-bond donors (Lipinski definition) is 0. The van der Waals surface area contributed by atoms with Crippen molar-refractivity contribution >= 4 is 31.6 Å². The number of carbonyl (C=O) groups is 1. The van der Waals surface area contributed by atoms with E-state index in [1.165, 1.54) is 21.1 Å². The number of benzene rings is 1. The van der Waals surface area contributed by atoms with Gasteiger partial charge in [0.1, 0.15) is 0 Å². The van der Waals surface area contributed by atoms with Crippen molar-refractivity contribution in [3.05, 3.63) is 29.3 Å². The predicted octanol–water partition coefficient (Wildman–Crippen LogP) is 0.116. The zero-order chi connectivity index (χ0) is 19.1. The molecule has 144 valence electrons. The maximum absolute atomic E-state index is 12.8. The summed E-state index contributed by atoms with van der Waals surface area (Å²) in [4.78, 5) is 14.5. The first-order chi connectivity index (χ1) is 12.1. The molecular formula is C16H23N3O5S2. The zero-order valence-electron chi connectivity index (χ0n) is 14.9. The second-order valence-electron chi connectivity index (χ2n) is 6.74. The summed E-state index contributed by atoms with van der Waals surface area (Å²) in [5.74, 6) is -0.152. The lowest BCUT2D eigenvalue weighted by Gasteiger charge is -2.22. The van der Waals surface area contributed by atoms with Crippen molar-refractivity contribution in [1.82, 2.24) is 9.21 Å². The lowest BCUT2D eigenvalue weighted by atomic mass is 10.1. The number of carbonyl (C=O) groups excluding carboxylic acids is 1. The van der Waals surface area contributed by atoms with E-state index in [1.54, 1.807) is 23.1 Å². The number of nitrogens with zero attached hydrogens (tertiary/aromatic N) is 3. The van der Waals surface area contributed by atoms with E-state index in [-0.39, 0.29) is 12.5 Å². The van der Waals surface area contributed by atoms with Crippen molar-refractivity contribution in [2.75, 3.05) is 49.5 Å². The Kier molecular flexibility index (Phi) is 5.02. The highest BCUT2D eigenvalue weighted by Crippen LogP contribution is 2.31. The van der Waals surface area contributed by atoms with Crippen molar-refractivity contribution in [3.63, 3.8) is 0 Å². The standard InChI is InChI=1S/C16H23N3O5S2/c1-25(21,22)18-8-3-7-17(10-11-18)16(20)14-4-5-15-13(12-14)6-9-19(15)26(2,23)24/h4-5,12H,3,6-11H2,1-2H3. The fourth-order valence-corrected chi connectivity index (χ4v) is 5.29. The fraction of sp³-hybridized carbons (Fsp3) is 0.562. The summed E-state index contributed by atoms with van der Waals surface area (Å²) in [5.41, 5.74) is 1.98. The van der Waals surface area contributed by atoms with Gasteiger partial charge < -0.3 is 4.90 Å². The van der Waals surface area contributed by atoms with Gasteiger partial charge in [0.15, 0.2) is 0 Å². The van der Waals surface area contributed by atoms with Gasteiger partial charge in [-0.25, -0.2) is 21.1 Å². The molecule has 0 aliphatic carbocycles. The first-order valence-electron chi connectivity index (χ1n) is 8.42. The SMILES string of the molecule is CS(=O)(=O)N1CCCN(C(=O)c2ccc3c(c2)CCN3S(C)(=O)=O)CC1. The van der Waals surface area contributed by atoms with Crippen LogP contribution in [0.25, 0.3) is 0 Å². The van der Waals surface area contributed by atoms with Crippen LogP contribution in [0.1, 0.15) is 22.3 Å². The van der Waals surface area contributed by atoms with Gasteiger partial charge in [-0.1, -0.05) is 0 Å². The van der Waals surface area contributed by atoms with E-state index in [9.17, 15) is 21.6 Å². The largest absolute Gasteiger partial charge is 0.337 e. The van der Waals surface area contributed by atoms with Crippen molar-refractivity contribution < 1.29 is 21.6 Å². The molecule has 1 aromatic rings. The van der Waals surface area contributed by atoms with Crippen LogP contribution in [0.15, 0.2) is 18.2 Å². The molecule has 26 heavy (non-hydrogen) atoms. The molecule has 0 atom stereocenters. The van der Waals surface area contributed by atoms with Crippen LogP contribution in [0.3, 0.4) is 0 Å². The average Bonchev–Trinajstić information content (AvgIpc) is 2.81. The molecule has 1 amide bonds. The van der Waals surface area contributed by atoms with Crippen molar-refractivity contribution in [2.45, 2.75) is 12.8 Å². The summed E-state index contributed by atoms with van der Waals surface area (Å²) >= 11 is 0. The van der Waals surface area contributed by atoms with Gasteiger partial charge in [-0.3, -0.25) is 9.10 Å². The second kappa shape index (κ2) is 6.82. The van der Waals surface area contributed by atoms with Gasteiger partial charge in [0, 0.05) is 38.3 Å². The molecule has 8 nitrogen and oxygen atoms in total. The fourth-order valence-electron chi connectivity index (χ4n) is 3.46. The summed E-state index contributed by atoms with van der Waals surface area (Å²) in [6.45, 7) is 1.93. The van der Waals surface area contributed by atoms with Crippen LogP contribution in [0.5, 0.6) is 0 Å². The Bertz CT molecular complexity index is 927. The van der Waals surface area contributed by atoms with E-state index < -0.39 is 20.0 Å². The van der Waals surface area contributed by atoms with E-state index in [1.807, 2.05) is 0 Å². The molecule has 0 radical (unpaired) electrons. The number of sulfonamides is 2. The molecule has 2 aliphatic heterocycles. The van der Waals surface area contributed by atoms with Gasteiger partial charge >= 0.3 is 0 Å². The number of hydrogen-bond acceptors (Lipinski definition) is 5. The van der Waals surface area contributed by atoms with Gasteiger partial charge in [0.05, 0.1) is 18.2 Å². The lowest BCUT2D eigenvalue weighted by Crippen LogP contribution is -2.37. The minimum Gasteiger partial charge on any atom is -0.337 e. The maximum Gasteiger partial charge on any atom is 0.253 e. The van der Waals surface area contributed by atoms with Crippen LogP contribution in [0.2, 0.25) is 0 Å². The smallest absolute Gasteiger partial charge is 0.253 e. The molecule has 2 aliphatic rings. The Hall–Kier alpha value is -1.65. The number of anilines is 1. The number of rotatable bonds is 3. The second-order valence-corrected chi connectivity index (χ2v) is 10.6. The molecule has 0 aromatic heterocycles. The van der Waals surface area contributed by atoms with Crippen LogP contribution in [-0.2, 0) is 26.5 Å². The monoisotopic (exact) mass is 401 g/mol. The van der Waals surface area contributed by atoms with E-state index in [4.69, 9.17) is 0 Å². The van der Waals surface area contributed by atoms with Gasteiger partial charge in [-0.15, -0.1) is 0 Å².